The van der Waals surface area contributed by atoms with Crippen molar-refractivity contribution in [3.63, 3.8) is 0 Å². The van der Waals surface area contributed by atoms with E-state index in [0.29, 0.717) is 5.69 Å². The summed E-state index contributed by atoms with van der Waals surface area (Å²) in [5.74, 6) is -3.02. The number of ether oxygens (including phenoxy) is 1. The number of rotatable bonds is 4. The highest BCUT2D eigenvalue weighted by atomic mass is 35.5. The summed E-state index contributed by atoms with van der Waals surface area (Å²) in [6.45, 7) is 1.88. The molecule has 0 bridgehead atoms. The summed E-state index contributed by atoms with van der Waals surface area (Å²) in [6, 6.07) is 14.2. The molecule has 1 aliphatic rings. The second-order valence-electron chi connectivity index (χ2n) is 7.49. The van der Waals surface area contributed by atoms with E-state index in [1.54, 1.807) is 30.3 Å². The lowest BCUT2D eigenvalue weighted by atomic mass is 9.94. The second kappa shape index (κ2) is 8.89. The minimum Gasteiger partial charge on any atom is -0.507 e. The molecule has 3 aromatic carbocycles. The fourth-order valence-corrected chi connectivity index (χ4v) is 4.45. The van der Waals surface area contributed by atoms with Crippen LogP contribution in [-0.4, -0.2) is 23.9 Å². The van der Waals surface area contributed by atoms with Gasteiger partial charge in [0.15, 0.2) is 0 Å². The Hall–Kier alpha value is -3.35. The maximum Gasteiger partial charge on any atom is 0.300 e. The normalized spacial score (nSPS) is 17.5. The van der Waals surface area contributed by atoms with Gasteiger partial charge in [0.05, 0.1) is 29.3 Å². The summed E-state index contributed by atoms with van der Waals surface area (Å²) in [6.07, 6.45) is 0. The van der Waals surface area contributed by atoms with Gasteiger partial charge in [-0.25, -0.2) is 4.39 Å². The van der Waals surface area contributed by atoms with E-state index in [4.69, 9.17) is 27.9 Å². The van der Waals surface area contributed by atoms with Crippen LogP contribution >= 0.6 is 23.2 Å². The molecule has 3 aromatic rings. The van der Waals surface area contributed by atoms with Gasteiger partial charge in [-0.2, -0.15) is 0 Å². The van der Waals surface area contributed by atoms with Gasteiger partial charge in [0.25, 0.3) is 11.7 Å². The van der Waals surface area contributed by atoms with Crippen LogP contribution in [0.3, 0.4) is 0 Å². The number of hydrogen-bond donors (Lipinski definition) is 1. The standard InChI is InChI=1S/C25H18Cl2FNO4/c1-13-7-9-15(10-8-13)29-21(16-5-3-4-6-19(16)28)20(23(31)25(29)32)22(30)17-11-14(26)12-18(27)24(17)33-2/h3-12,21,30H,1-2H3/b22-20+. The third kappa shape index (κ3) is 3.96. The summed E-state index contributed by atoms with van der Waals surface area (Å²) in [7, 11) is 1.34. The molecule has 4 rings (SSSR count). The van der Waals surface area contributed by atoms with Crippen LogP contribution in [0, 0.1) is 12.7 Å². The Morgan fingerprint density at radius 3 is 2.36 bits per heavy atom. The first-order valence-corrected chi connectivity index (χ1v) is 10.7. The van der Waals surface area contributed by atoms with Crippen LogP contribution in [-0.2, 0) is 9.59 Å². The number of anilines is 1. The Morgan fingerprint density at radius 2 is 1.73 bits per heavy atom. The van der Waals surface area contributed by atoms with Gasteiger partial charge in [-0.3, -0.25) is 14.5 Å². The van der Waals surface area contributed by atoms with Gasteiger partial charge in [-0.1, -0.05) is 59.1 Å². The quantitative estimate of drug-likeness (QED) is 0.276. The van der Waals surface area contributed by atoms with Gasteiger partial charge in [-0.15, -0.1) is 0 Å². The van der Waals surface area contributed by atoms with Crippen molar-refractivity contribution in [1.82, 2.24) is 0 Å². The minimum atomic E-state index is -1.23. The number of carbonyl (C=O) groups is 2. The first-order chi connectivity index (χ1) is 15.7. The zero-order valence-electron chi connectivity index (χ0n) is 17.6. The van der Waals surface area contributed by atoms with Crippen molar-refractivity contribution in [3.05, 3.63) is 98.8 Å². The number of aliphatic hydroxyl groups is 1. The third-order valence-corrected chi connectivity index (χ3v) is 5.92. The molecule has 33 heavy (non-hydrogen) atoms. The average molecular weight is 486 g/mol. The Labute approximate surface area is 199 Å². The Balaban J connectivity index is 2.03. The molecule has 5 nitrogen and oxygen atoms in total. The lowest BCUT2D eigenvalue weighted by Gasteiger charge is -2.26. The molecule has 1 heterocycles. The summed E-state index contributed by atoms with van der Waals surface area (Å²) in [4.78, 5) is 27.5. The van der Waals surface area contributed by atoms with Crippen LogP contribution in [0.5, 0.6) is 5.75 Å². The minimum absolute atomic E-state index is 0.0123. The number of ketones is 1. The summed E-state index contributed by atoms with van der Waals surface area (Å²) in [5, 5.41) is 11.5. The molecule has 168 valence electrons. The number of methoxy groups -OCH3 is 1. The van der Waals surface area contributed by atoms with Gasteiger partial charge >= 0.3 is 0 Å². The van der Waals surface area contributed by atoms with E-state index in [-0.39, 0.29) is 32.5 Å². The lowest BCUT2D eigenvalue weighted by molar-refractivity contribution is -0.132. The van der Waals surface area contributed by atoms with Crippen molar-refractivity contribution in [2.24, 2.45) is 0 Å². The van der Waals surface area contributed by atoms with Crippen LogP contribution in [0.25, 0.3) is 5.76 Å². The van der Waals surface area contributed by atoms with Crippen LogP contribution < -0.4 is 9.64 Å². The molecule has 1 fully saturated rings. The summed E-state index contributed by atoms with van der Waals surface area (Å²) in [5.41, 5.74) is 1.08. The van der Waals surface area contributed by atoms with E-state index in [2.05, 4.69) is 0 Å². The molecule has 0 radical (unpaired) electrons. The molecule has 0 aliphatic carbocycles. The number of amides is 1. The molecule has 1 saturated heterocycles. The summed E-state index contributed by atoms with van der Waals surface area (Å²) < 4.78 is 20.2. The maximum absolute atomic E-state index is 14.9. The van der Waals surface area contributed by atoms with E-state index in [1.807, 2.05) is 6.92 Å². The van der Waals surface area contributed by atoms with Crippen molar-refractivity contribution in [3.8, 4) is 5.75 Å². The number of aliphatic hydroxyl groups excluding tert-OH is 1. The Kier molecular flexibility index (Phi) is 6.15. The molecule has 1 unspecified atom stereocenters. The first-order valence-electron chi connectivity index (χ1n) is 9.90. The number of hydrogen-bond acceptors (Lipinski definition) is 4. The number of nitrogens with zero attached hydrogens (tertiary/aromatic N) is 1. The second-order valence-corrected chi connectivity index (χ2v) is 8.34. The maximum atomic E-state index is 14.9. The predicted octanol–water partition coefficient (Wildman–Crippen LogP) is 6.08. The molecule has 1 aliphatic heterocycles. The highest BCUT2D eigenvalue weighted by Crippen LogP contribution is 2.45. The molecule has 0 saturated carbocycles. The smallest absolute Gasteiger partial charge is 0.300 e. The largest absolute Gasteiger partial charge is 0.507 e. The van der Waals surface area contributed by atoms with Crippen molar-refractivity contribution in [2.45, 2.75) is 13.0 Å². The average Bonchev–Trinajstić information content (AvgIpc) is 3.04. The van der Waals surface area contributed by atoms with E-state index < -0.39 is 29.3 Å². The lowest BCUT2D eigenvalue weighted by Crippen LogP contribution is -2.29. The highest BCUT2D eigenvalue weighted by Gasteiger charge is 2.48. The topological polar surface area (TPSA) is 66.8 Å². The molecule has 1 N–H and O–H groups in total. The van der Waals surface area contributed by atoms with Gasteiger partial charge < -0.3 is 9.84 Å². The molecule has 8 heteroatoms. The number of carbonyl (C=O) groups excluding carboxylic acids is 2. The molecule has 0 spiro atoms. The Morgan fingerprint density at radius 1 is 1.06 bits per heavy atom. The predicted molar refractivity (Wildman–Crippen MR) is 125 cm³/mol. The van der Waals surface area contributed by atoms with Crippen molar-refractivity contribution >= 4 is 46.3 Å². The molecule has 1 amide bonds. The van der Waals surface area contributed by atoms with Crippen molar-refractivity contribution in [1.29, 1.82) is 0 Å². The molecule has 1 atom stereocenters. The van der Waals surface area contributed by atoms with Crippen LogP contribution in [0.15, 0.2) is 66.2 Å². The van der Waals surface area contributed by atoms with Crippen LogP contribution in [0.2, 0.25) is 10.0 Å². The fraction of sp³-hybridized carbons (Fsp3) is 0.120. The molecular weight excluding hydrogens is 468 g/mol. The van der Waals surface area contributed by atoms with Crippen LogP contribution in [0.4, 0.5) is 10.1 Å². The van der Waals surface area contributed by atoms with Gasteiger partial charge in [0, 0.05) is 16.3 Å². The molecular formula is C25H18Cl2FNO4. The highest BCUT2D eigenvalue weighted by molar-refractivity contribution is 6.52. The fourth-order valence-electron chi connectivity index (χ4n) is 3.88. The monoisotopic (exact) mass is 485 g/mol. The SMILES string of the molecule is COc1c(Cl)cc(Cl)cc1/C(O)=C1\C(=O)C(=O)N(c2ccc(C)cc2)C1c1ccccc1F. The summed E-state index contributed by atoms with van der Waals surface area (Å²) >= 11 is 12.3. The third-order valence-electron chi connectivity index (χ3n) is 5.42. The van der Waals surface area contributed by atoms with Crippen molar-refractivity contribution < 1.29 is 23.8 Å². The number of benzene rings is 3. The number of aryl methyl sites for hydroxylation is 1. The number of halogens is 3. The molecule has 0 aromatic heterocycles. The van der Waals surface area contributed by atoms with E-state index >= 15 is 0 Å². The van der Waals surface area contributed by atoms with Gasteiger partial charge in [0.1, 0.15) is 17.3 Å². The number of Topliss-reactive ketones (excluding diaryl/α,β-unsaturated/α-hetero) is 1. The first kappa shape index (κ1) is 22.8. The van der Waals surface area contributed by atoms with E-state index in [0.717, 1.165) is 5.56 Å². The van der Waals surface area contributed by atoms with Gasteiger partial charge in [-0.05, 0) is 37.3 Å². The van der Waals surface area contributed by atoms with Crippen LogP contribution in [0.1, 0.15) is 22.7 Å². The van der Waals surface area contributed by atoms with E-state index in [9.17, 15) is 19.1 Å². The zero-order chi connectivity index (χ0) is 23.9. The zero-order valence-corrected chi connectivity index (χ0v) is 19.1. The Bertz CT molecular complexity index is 1300. The van der Waals surface area contributed by atoms with E-state index in [1.165, 1.54) is 42.3 Å². The van der Waals surface area contributed by atoms with Gasteiger partial charge in [0.2, 0.25) is 0 Å². The van der Waals surface area contributed by atoms with Crippen molar-refractivity contribution in [2.75, 3.05) is 12.0 Å².